The molecule has 0 aromatic heterocycles. The monoisotopic (exact) mass is 1720 g/mol. The third-order valence-corrected chi connectivity index (χ3v) is 23.7. The lowest BCUT2D eigenvalue weighted by atomic mass is 9.94. The Morgan fingerprint density at radius 2 is 0.748 bits per heavy atom. The molecule has 0 spiro atoms. The maximum Gasteiger partial charge on any atom is 0.220 e. The van der Waals surface area contributed by atoms with Crippen LogP contribution in [0.15, 0.2) is 12.2 Å². The normalized spacial score (nSPS) is 35.7. The summed E-state index contributed by atoms with van der Waals surface area (Å²) in [7, 11) is 0. The van der Waals surface area contributed by atoms with E-state index in [0.717, 1.165) is 65.2 Å². The number of hydrogen-bond acceptors (Lipinski definition) is 32. The van der Waals surface area contributed by atoms with E-state index in [9.17, 15) is 101 Å². The molecule has 6 rings (SSSR count). The van der Waals surface area contributed by atoms with Gasteiger partial charge in [-0.05, 0) is 26.2 Å². The number of hydrogen-bond donors (Lipinski definition) is 20. The Hall–Kier alpha value is -3.01. The Morgan fingerprint density at radius 3 is 1.22 bits per heavy atom. The van der Waals surface area contributed by atoms with E-state index in [1.54, 1.807) is 6.08 Å². The molecule has 0 aliphatic carbocycles. The van der Waals surface area contributed by atoms with Crippen LogP contribution in [0.25, 0.3) is 0 Å². The van der Waals surface area contributed by atoms with Crippen molar-refractivity contribution in [2.45, 2.75) is 462 Å². The number of carbonyl (C=O) groups excluding carboxylic acids is 3. The molecule has 0 aromatic rings. The van der Waals surface area contributed by atoms with Crippen LogP contribution in [0.3, 0.4) is 0 Å². The molecule has 6 heterocycles. The van der Waals surface area contributed by atoms with Crippen LogP contribution < -0.4 is 16.0 Å². The van der Waals surface area contributed by atoms with Gasteiger partial charge in [0.25, 0.3) is 0 Å². The lowest BCUT2D eigenvalue weighted by Crippen LogP contribution is -2.69. The van der Waals surface area contributed by atoms with Crippen molar-refractivity contribution in [2.75, 3.05) is 39.6 Å². The van der Waals surface area contributed by atoms with E-state index < -0.39 is 248 Å². The highest BCUT2D eigenvalue weighted by Gasteiger charge is 2.58. The van der Waals surface area contributed by atoms with Crippen molar-refractivity contribution in [2.24, 2.45) is 0 Å². The van der Waals surface area contributed by atoms with Crippen LogP contribution in [0.1, 0.15) is 266 Å². The molecule has 696 valence electrons. The number of rotatable bonds is 59. The van der Waals surface area contributed by atoms with Crippen LogP contribution in [-0.2, 0) is 71.2 Å². The first-order chi connectivity index (χ1) is 57.2. The molecular formula is C84H153N3O32. The molecule has 35 heteroatoms. The van der Waals surface area contributed by atoms with Gasteiger partial charge in [-0.25, -0.2) is 0 Å². The predicted octanol–water partition coefficient (Wildman–Crippen LogP) is 1.72. The molecule has 3 amide bonds. The van der Waals surface area contributed by atoms with Gasteiger partial charge in [0.1, 0.15) is 140 Å². The molecule has 0 aromatic carbocycles. The summed E-state index contributed by atoms with van der Waals surface area (Å²) in [5.41, 5.74) is 0. The minimum Gasteiger partial charge on any atom is -0.394 e. The first-order valence-electron chi connectivity index (χ1n) is 44.8. The number of nitrogens with one attached hydrogen (secondary N) is 3. The zero-order valence-corrected chi connectivity index (χ0v) is 71.1. The molecule has 6 aliphatic rings. The van der Waals surface area contributed by atoms with Crippen LogP contribution >= 0.6 is 0 Å². The molecule has 20 N–H and O–H groups in total. The van der Waals surface area contributed by atoms with E-state index in [0.29, 0.717) is 12.8 Å². The molecule has 6 aliphatic heterocycles. The van der Waals surface area contributed by atoms with Gasteiger partial charge in [-0.2, -0.15) is 0 Å². The van der Waals surface area contributed by atoms with E-state index in [2.05, 4.69) is 29.8 Å². The molecule has 6 saturated heterocycles. The zero-order chi connectivity index (χ0) is 86.9. The average Bonchev–Trinajstić information content (AvgIpc) is 0.774. The molecule has 12 unspecified atom stereocenters. The summed E-state index contributed by atoms with van der Waals surface area (Å²) in [6.45, 7) is 2.75. The molecule has 0 saturated carbocycles. The van der Waals surface area contributed by atoms with E-state index >= 15 is 0 Å². The Balaban J connectivity index is 1.02. The minimum atomic E-state index is -2.24. The fourth-order valence-corrected chi connectivity index (χ4v) is 16.4. The largest absolute Gasteiger partial charge is 0.394 e. The SMILES string of the molecule is CCCCCCCCCCCCC/C=C/[C@@H](O)[C@H](CO[C@@H]1OC(CO)[C@@H](O[C@@H]2OC(CO)[C@H](O[C@@H]3OC(CO)[C@H](O)[C@H](O[C@@H]4OC(CO[C@@H]5OC(CO)[C@@H](O)[C@H](O[C@H]6C(O)[C@H](O)C(C)O[C@H]6O)C5NC(C)=O)[C@H](O)[C@H](O)C4NC(C)=O)C3O)[C@H](O)C2O)[C@H](O)C1O)NC(=O)CCCCCCCCCCCCCCCCCCCCCCCCC. The van der Waals surface area contributed by atoms with Gasteiger partial charge in [-0.3, -0.25) is 14.4 Å². The summed E-state index contributed by atoms with van der Waals surface area (Å²) in [5.74, 6) is -1.92. The molecule has 32 atom stereocenters. The lowest BCUT2D eigenvalue weighted by Gasteiger charge is -2.50. The van der Waals surface area contributed by atoms with Crippen LogP contribution in [-0.4, -0.2) is 340 Å². The van der Waals surface area contributed by atoms with Gasteiger partial charge in [0.05, 0.1) is 57.9 Å². The third-order valence-electron chi connectivity index (χ3n) is 23.7. The smallest absolute Gasteiger partial charge is 0.220 e. The number of unbranched alkanes of at least 4 members (excludes halogenated alkanes) is 33. The second-order valence-corrected chi connectivity index (χ2v) is 33.5. The van der Waals surface area contributed by atoms with Gasteiger partial charge >= 0.3 is 0 Å². The van der Waals surface area contributed by atoms with Gasteiger partial charge in [-0.1, -0.05) is 231 Å². The van der Waals surface area contributed by atoms with Crippen LogP contribution in [0.4, 0.5) is 0 Å². The van der Waals surface area contributed by atoms with Crippen LogP contribution in [0.5, 0.6) is 0 Å². The standard InChI is InChI=1S/C84H153N3O32/c1-6-8-10-12-14-16-18-20-21-22-23-24-25-26-27-28-29-31-33-35-37-39-41-43-60(95)87-53(54(94)42-40-38-36-34-32-30-19-17-15-13-11-9-7-2)48-108-82-71(104)69(102)74(57(46-90)113-82)117-83-72(105)70(103)75(58(47-91)114-83)118-84-73(106)77(66(99)56(45-89)112-84)119-81-61(85-51(4)92)67(100)64(97)59(115-81)49-109-80-62(86-52(5)93)76(65(98)55(44-88)111-80)116-78-68(101)63(96)50(3)110-79(78)107/h40,42,50,53-59,61-84,88-91,94,96-107H,6-39,41,43-49H2,1-5H3,(H,85,92)(H,86,93)(H,87,95)/b42-40+/t50?,53-,54+,55?,56?,57?,58?,59?,61?,62?,63+,64-,65+,66-,67+,68?,69+,70+,71?,72?,73?,74+,75-,76+,77-,78-,79+,80+,81-,82+,83-,84-/m0/s1. The highest BCUT2D eigenvalue weighted by atomic mass is 16.8. The van der Waals surface area contributed by atoms with Gasteiger partial charge in [0, 0.05) is 20.3 Å². The van der Waals surface area contributed by atoms with Crippen molar-refractivity contribution in [3.63, 3.8) is 0 Å². The van der Waals surface area contributed by atoms with Gasteiger partial charge in [0.15, 0.2) is 37.7 Å². The highest BCUT2D eigenvalue weighted by molar-refractivity contribution is 5.76. The van der Waals surface area contributed by atoms with Crippen molar-refractivity contribution in [3.8, 4) is 0 Å². The summed E-state index contributed by atoms with van der Waals surface area (Å²) in [6.07, 6.45) is -7.33. The summed E-state index contributed by atoms with van der Waals surface area (Å²) >= 11 is 0. The number of amides is 3. The fourth-order valence-electron chi connectivity index (χ4n) is 16.4. The van der Waals surface area contributed by atoms with Crippen LogP contribution in [0, 0.1) is 0 Å². The molecule has 35 nitrogen and oxygen atoms in total. The maximum absolute atomic E-state index is 13.6. The number of allylic oxidation sites excluding steroid dienone is 1. The summed E-state index contributed by atoms with van der Waals surface area (Å²) in [6, 6.07) is -4.39. The van der Waals surface area contributed by atoms with Crippen molar-refractivity contribution < 1.29 is 158 Å². The second kappa shape index (κ2) is 57.6. The number of ether oxygens (including phenoxy) is 12. The molecular weight excluding hydrogens is 1560 g/mol. The third kappa shape index (κ3) is 34.3. The lowest BCUT2D eigenvalue weighted by molar-refractivity contribution is -0.387. The molecule has 119 heavy (non-hydrogen) atoms. The second-order valence-electron chi connectivity index (χ2n) is 33.5. The Bertz CT molecular complexity index is 2720. The number of carbonyl (C=O) groups is 3. The zero-order valence-electron chi connectivity index (χ0n) is 71.1. The highest BCUT2D eigenvalue weighted by Crippen LogP contribution is 2.37. The minimum absolute atomic E-state index is 0.186. The number of aliphatic hydroxyl groups is 17. The van der Waals surface area contributed by atoms with Gasteiger partial charge < -0.3 is 160 Å². The predicted molar refractivity (Wildman–Crippen MR) is 429 cm³/mol. The Morgan fingerprint density at radius 1 is 0.361 bits per heavy atom. The van der Waals surface area contributed by atoms with Crippen molar-refractivity contribution in [1.82, 2.24) is 16.0 Å². The summed E-state index contributed by atoms with van der Waals surface area (Å²) in [5, 5.41) is 199. The Labute approximate surface area is 702 Å². The van der Waals surface area contributed by atoms with Crippen LogP contribution in [0.2, 0.25) is 0 Å². The maximum atomic E-state index is 13.6. The first kappa shape index (κ1) is 105. The van der Waals surface area contributed by atoms with Gasteiger partial charge in [0.2, 0.25) is 17.7 Å². The molecule has 0 bridgehead atoms. The van der Waals surface area contributed by atoms with Crippen molar-refractivity contribution >= 4 is 17.7 Å². The molecule has 0 radical (unpaired) electrons. The quantitative estimate of drug-likeness (QED) is 0.0304. The summed E-state index contributed by atoms with van der Waals surface area (Å²) in [4.78, 5) is 38.9. The molecule has 6 fully saturated rings. The van der Waals surface area contributed by atoms with Crippen molar-refractivity contribution in [3.05, 3.63) is 12.2 Å². The fraction of sp³-hybridized carbons (Fsp3) is 0.940. The Kier molecular flexibility index (Phi) is 50.8. The van der Waals surface area contributed by atoms with E-state index in [-0.39, 0.29) is 12.3 Å². The van der Waals surface area contributed by atoms with E-state index in [4.69, 9.17) is 56.8 Å². The average molecular weight is 1720 g/mol. The van der Waals surface area contributed by atoms with Crippen molar-refractivity contribution in [1.29, 1.82) is 0 Å². The summed E-state index contributed by atoms with van der Waals surface area (Å²) < 4.78 is 70.6. The van der Waals surface area contributed by atoms with Gasteiger partial charge in [-0.15, -0.1) is 0 Å². The van der Waals surface area contributed by atoms with E-state index in [1.807, 2.05) is 6.08 Å². The topological polar surface area (TPSA) is 542 Å². The first-order valence-corrected chi connectivity index (χ1v) is 44.8. The number of aliphatic hydroxyl groups excluding tert-OH is 17. The van der Waals surface area contributed by atoms with E-state index in [1.165, 1.54) is 167 Å².